The van der Waals surface area contributed by atoms with Gasteiger partial charge in [0.1, 0.15) is 11.6 Å². The van der Waals surface area contributed by atoms with Gasteiger partial charge in [0.15, 0.2) is 0 Å². The van der Waals surface area contributed by atoms with Crippen molar-refractivity contribution in [2.24, 2.45) is 0 Å². The van der Waals surface area contributed by atoms with Gasteiger partial charge in [0.05, 0.1) is 7.11 Å². The highest BCUT2D eigenvalue weighted by Gasteiger charge is 2.21. The van der Waals surface area contributed by atoms with Crippen LogP contribution in [0.3, 0.4) is 0 Å². The zero-order valence-electron chi connectivity index (χ0n) is 13.7. The normalized spacial score (nSPS) is 14.5. The number of carbonyl (C=O) groups excluding carboxylic acids is 1. The third kappa shape index (κ3) is 3.92. The van der Waals surface area contributed by atoms with Crippen LogP contribution in [0.25, 0.3) is 0 Å². The molecule has 3 rings (SSSR count). The highest BCUT2D eigenvalue weighted by atomic mass is 35.5. The molecule has 1 fully saturated rings. The maximum Gasteiger partial charge on any atom is 0.251 e. The molecule has 0 saturated carbocycles. The number of benzene rings is 2. The largest absolute Gasteiger partial charge is 0.496 e. The van der Waals surface area contributed by atoms with Crippen molar-refractivity contribution < 1.29 is 13.9 Å². The fraction of sp³-hybridized carbons (Fsp3) is 0.278. The van der Waals surface area contributed by atoms with Crippen LogP contribution in [0.4, 0.5) is 4.39 Å². The molecule has 0 radical (unpaired) electrons. The van der Waals surface area contributed by atoms with E-state index in [0.29, 0.717) is 11.3 Å². The van der Waals surface area contributed by atoms with Gasteiger partial charge in [-0.1, -0.05) is 23.7 Å². The summed E-state index contributed by atoms with van der Waals surface area (Å²) >= 11 is 5.98. The molecule has 0 spiro atoms. The lowest BCUT2D eigenvalue weighted by molar-refractivity contribution is 0.0950. The number of hydrogen-bond donors (Lipinski definition) is 3. The van der Waals surface area contributed by atoms with Crippen molar-refractivity contribution in [3.8, 4) is 5.75 Å². The second kappa shape index (κ2) is 7.82. The number of amides is 1. The van der Waals surface area contributed by atoms with E-state index in [1.54, 1.807) is 25.3 Å². The Hall–Kier alpha value is -2.15. The van der Waals surface area contributed by atoms with Gasteiger partial charge < -0.3 is 10.1 Å². The summed E-state index contributed by atoms with van der Waals surface area (Å²) in [5.41, 5.74) is 7.91. The molecule has 1 aliphatic heterocycles. The topological polar surface area (TPSA) is 62.4 Å². The Labute approximate surface area is 150 Å². The van der Waals surface area contributed by atoms with Gasteiger partial charge in [-0.3, -0.25) is 15.6 Å². The molecule has 1 heterocycles. The Morgan fingerprint density at radius 1 is 1.32 bits per heavy atom. The van der Waals surface area contributed by atoms with E-state index in [0.717, 1.165) is 18.7 Å². The molecule has 1 aliphatic rings. The molecule has 0 aromatic heterocycles. The third-order valence-corrected chi connectivity index (χ3v) is 4.60. The Kier molecular flexibility index (Phi) is 5.53. The highest BCUT2D eigenvalue weighted by Crippen LogP contribution is 2.28. The summed E-state index contributed by atoms with van der Waals surface area (Å²) in [6, 6.07) is 9.77. The van der Waals surface area contributed by atoms with Gasteiger partial charge in [-0.15, -0.1) is 0 Å². The van der Waals surface area contributed by atoms with Crippen LogP contribution in [0.1, 0.15) is 27.4 Å². The van der Waals surface area contributed by atoms with Crippen molar-refractivity contribution in [2.75, 3.05) is 20.2 Å². The van der Waals surface area contributed by atoms with Gasteiger partial charge in [-0.05, 0) is 29.8 Å². The molecule has 0 bridgehead atoms. The molecule has 25 heavy (non-hydrogen) atoms. The lowest BCUT2D eigenvalue weighted by atomic mass is 9.97. The number of nitrogens with one attached hydrogen (secondary N) is 3. The number of halogens is 2. The Bertz CT molecular complexity index is 759. The summed E-state index contributed by atoms with van der Waals surface area (Å²) in [6.45, 7) is 1.62. The van der Waals surface area contributed by atoms with Crippen molar-refractivity contribution in [2.45, 2.75) is 12.5 Å². The predicted octanol–water partition coefficient (Wildman–Crippen LogP) is 2.61. The highest BCUT2D eigenvalue weighted by molar-refractivity contribution is 6.31. The molecule has 2 aromatic rings. The van der Waals surface area contributed by atoms with Crippen molar-refractivity contribution in [1.82, 2.24) is 16.2 Å². The molecule has 0 atom stereocenters. The summed E-state index contributed by atoms with van der Waals surface area (Å²) in [5.74, 6) is 0.185. The van der Waals surface area contributed by atoms with Crippen molar-refractivity contribution in [1.29, 1.82) is 0 Å². The van der Waals surface area contributed by atoms with Crippen molar-refractivity contribution in [3.05, 3.63) is 63.9 Å². The molecule has 7 heteroatoms. The third-order valence-electron chi connectivity index (χ3n) is 4.24. The van der Waals surface area contributed by atoms with Gasteiger partial charge >= 0.3 is 0 Å². The van der Waals surface area contributed by atoms with Crippen LogP contribution in [0.2, 0.25) is 5.02 Å². The number of hydrogen-bond acceptors (Lipinski definition) is 4. The first kappa shape index (κ1) is 17.7. The first-order valence-corrected chi connectivity index (χ1v) is 8.32. The summed E-state index contributed by atoms with van der Waals surface area (Å²) in [5, 5.41) is 2.98. The molecule has 2 aromatic carbocycles. The SMILES string of the molecule is COc1cc(C(=O)NCc2c(F)cccc2Cl)ccc1C1CNNC1. The number of methoxy groups -OCH3 is 1. The summed E-state index contributed by atoms with van der Waals surface area (Å²) < 4.78 is 19.2. The van der Waals surface area contributed by atoms with Gasteiger partial charge in [0.25, 0.3) is 5.91 Å². The standard InChI is InChI=1S/C18H19ClFN3O2/c1-25-17-7-11(5-6-13(17)12-8-22-23-9-12)18(24)21-10-14-15(19)3-2-4-16(14)20/h2-7,12,22-23H,8-10H2,1H3,(H,21,24). The number of carbonyl (C=O) groups is 1. The molecule has 1 amide bonds. The van der Waals surface area contributed by atoms with Gasteiger partial charge in [-0.25, -0.2) is 4.39 Å². The predicted molar refractivity (Wildman–Crippen MR) is 94.3 cm³/mol. The van der Waals surface area contributed by atoms with E-state index in [4.69, 9.17) is 16.3 Å². The maximum absolute atomic E-state index is 13.8. The summed E-state index contributed by atoms with van der Waals surface area (Å²) in [6.07, 6.45) is 0. The monoisotopic (exact) mass is 363 g/mol. The second-order valence-electron chi connectivity index (χ2n) is 5.80. The fourth-order valence-corrected chi connectivity index (χ4v) is 3.07. The van der Waals surface area contributed by atoms with E-state index in [2.05, 4.69) is 16.2 Å². The van der Waals surface area contributed by atoms with Crippen LogP contribution in [-0.2, 0) is 6.54 Å². The first-order chi connectivity index (χ1) is 12.1. The quantitative estimate of drug-likeness (QED) is 0.764. The van der Waals surface area contributed by atoms with Gasteiger partial charge in [0.2, 0.25) is 0 Å². The van der Waals surface area contributed by atoms with E-state index < -0.39 is 5.82 Å². The molecule has 132 valence electrons. The van der Waals surface area contributed by atoms with E-state index in [1.165, 1.54) is 12.1 Å². The number of hydrazine groups is 1. The smallest absolute Gasteiger partial charge is 0.251 e. The average Bonchev–Trinajstić information content (AvgIpc) is 3.15. The Morgan fingerprint density at radius 2 is 2.08 bits per heavy atom. The van der Waals surface area contributed by atoms with Crippen LogP contribution < -0.4 is 20.9 Å². The lowest BCUT2D eigenvalue weighted by Gasteiger charge is -2.15. The Balaban J connectivity index is 1.73. The van der Waals surface area contributed by atoms with Gasteiger partial charge in [0, 0.05) is 41.7 Å². The summed E-state index contributed by atoms with van der Waals surface area (Å²) in [4.78, 5) is 12.4. The molecule has 1 saturated heterocycles. The minimum Gasteiger partial charge on any atom is -0.496 e. The van der Waals surface area contributed by atoms with E-state index in [1.807, 2.05) is 6.07 Å². The van der Waals surface area contributed by atoms with E-state index >= 15 is 0 Å². The van der Waals surface area contributed by atoms with Crippen molar-refractivity contribution >= 4 is 17.5 Å². The Morgan fingerprint density at radius 3 is 2.76 bits per heavy atom. The maximum atomic E-state index is 13.8. The van der Waals surface area contributed by atoms with E-state index in [9.17, 15) is 9.18 Å². The zero-order valence-corrected chi connectivity index (χ0v) is 14.5. The average molecular weight is 364 g/mol. The molecule has 5 nitrogen and oxygen atoms in total. The van der Waals surface area contributed by atoms with Gasteiger partial charge in [-0.2, -0.15) is 0 Å². The molecular weight excluding hydrogens is 345 g/mol. The van der Waals surface area contributed by atoms with Crippen LogP contribution in [0.15, 0.2) is 36.4 Å². The van der Waals surface area contributed by atoms with Crippen LogP contribution in [0.5, 0.6) is 5.75 Å². The zero-order chi connectivity index (χ0) is 17.8. The van der Waals surface area contributed by atoms with Crippen LogP contribution in [0, 0.1) is 5.82 Å². The van der Waals surface area contributed by atoms with Crippen LogP contribution >= 0.6 is 11.6 Å². The minimum absolute atomic E-state index is 0.0187. The molecular formula is C18H19ClFN3O2. The molecule has 0 aliphatic carbocycles. The van der Waals surface area contributed by atoms with Crippen molar-refractivity contribution in [3.63, 3.8) is 0 Å². The second-order valence-corrected chi connectivity index (χ2v) is 6.21. The first-order valence-electron chi connectivity index (χ1n) is 7.95. The fourth-order valence-electron chi connectivity index (χ4n) is 2.84. The van der Waals surface area contributed by atoms with E-state index in [-0.39, 0.29) is 29.0 Å². The lowest BCUT2D eigenvalue weighted by Crippen LogP contribution is -2.23. The van der Waals surface area contributed by atoms with Crippen LogP contribution in [-0.4, -0.2) is 26.1 Å². The number of ether oxygens (including phenoxy) is 1. The summed E-state index contributed by atoms with van der Waals surface area (Å²) in [7, 11) is 1.58. The molecule has 3 N–H and O–H groups in total. The number of rotatable bonds is 5. The minimum atomic E-state index is -0.443. The molecule has 0 unspecified atom stereocenters.